The highest BCUT2D eigenvalue weighted by atomic mass is 16.5. The van der Waals surface area contributed by atoms with Crippen molar-refractivity contribution in [1.29, 1.82) is 0 Å². The molecular formula is C17H26N4O2. The summed E-state index contributed by atoms with van der Waals surface area (Å²) in [4.78, 5) is 17.7. The van der Waals surface area contributed by atoms with E-state index >= 15 is 0 Å². The van der Waals surface area contributed by atoms with Gasteiger partial charge in [0.15, 0.2) is 5.96 Å². The van der Waals surface area contributed by atoms with Crippen molar-refractivity contribution in [3.63, 3.8) is 0 Å². The Hall–Kier alpha value is -2.24. The van der Waals surface area contributed by atoms with Gasteiger partial charge < -0.3 is 20.7 Å². The van der Waals surface area contributed by atoms with E-state index in [4.69, 9.17) is 10.5 Å². The maximum absolute atomic E-state index is 11.5. The molecule has 0 saturated carbocycles. The number of amides is 1. The number of carbonyl (C=O) groups is 1. The molecule has 6 heteroatoms. The van der Waals surface area contributed by atoms with Crippen LogP contribution >= 0.6 is 0 Å². The minimum absolute atomic E-state index is 0.155. The summed E-state index contributed by atoms with van der Waals surface area (Å²) in [6, 6.07) is 7.61. The number of aliphatic imine (C=N–C) groups is 1. The normalized spacial score (nSPS) is 15.3. The first-order valence-electron chi connectivity index (χ1n) is 8.16. The third-order valence-electron chi connectivity index (χ3n) is 3.54. The summed E-state index contributed by atoms with van der Waals surface area (Å²) in [5, 5.41) is 3.05. The molecule has 1 saturated heterocycles. The number of rotatable bonds is 7. The van der Waals surface area contributed by atoms with Gasteiger partial charge in [0.25, 0.3) is 0 Å². The molecule has 1 fully saturated rings. The van der Waals surface area contributed by atoms with E-state index in [1.807, 2.05) is 43.0 Å². The van der Waals surface area contributed by atoms with Crippen molar-refractivity contribution in [3.05, 3.63) is 24.3 Å². The fraction of sp³-hybridized carbons (Fsp3) is 0.529. The predicted molar refractivity (Wildman–Crippen MR) is 92.7 cm³/mol. The quantitative estimate of drug-likeness (QED) is 0.459. The van der Waals surface area contributed by atoms with Gasteiger partial charge in [-0.1, -0.05) is 0 Å². The van der Waals surface area contributed by atoms with Crippen LogP contribution in [0, 0.1) is 0 Å². The zero-order valence-corrected chi connectivity index (χ0v) is 13.9. The van der Waals surface area contributed by atoms with Gasteiger partial charge in [0.2, 0.25) is 5.91 Å². The summed E-state index contributed by atoms with van der Waals surface area (Å²) in [5.74, 6) is 1.47. The molecule has 0 unspecified atom stereocenters. The molecule has 1 aliphatic rings. The van der Waals surface area contributed by atoms with E-state index in [9.17, 15) is 4.79 Å². The monoisotopic (exact) mass is 318 g/mol. The Morgan fingerprint density at radius 2 is 2.13 bits per heavy atom. The molecule has 2 rings (SSSR count). The van der Waals surface area contributed by atoms with E-state index in [-0.39, 0.29) is 12.0 Å². The van der Waals surface area contributed by atoms with E-state index in [1.54, 1.807) is 0 Å². The van der Waals surface area contributed by atoms with Crippen molar-refractivity contribution in [3.8, 4) is 5.75 Å². The van der Waals surface area contributed by atoms with Crippen LogP contribution in [0.1, 0.15) is 33.1 Å². The molecule has 1 amide bonds. The minimum Gasteiger partial charge on any atom is -0.491 e. The first-order chi connectivity index (χ1) is 11.0. The summed E-state index contributed by atoms with van der Waals surface area (Å²) in [6.45, 7) is 6.23. The molecule has 126 valence electrons. The van der Waals surface area contributed by atoms with E-state index < -0.39 is 0 Å². The number of carbonyl (C=O) groups excluding carboxylic acids is 1. The average Bonchev–Trinajstić information content (AvgIpc) is 2.90. The zero-order chi connectivity index (χ0) is 16.7. The van der Waals surface area contributed by atoms with Crippen molar-refractivity contribution in [2.75, 3.05) is 25.0 Å². The van der Waals surface area contributed by atoms with Gasteiger partial charge in [-0.15, -0.1) is 0 Å². The van der Waals surface area contributed by atoms with Crippen LogP contribution in [0.4, 0.5) is 5.69 Å². The maximum Gasteiger partial charge on any atom is 0.222 e. The van der Waals surface area contributed by atoms with Gasteiger partial charge in [0.05, 0.1) is 6.10 Å². The third kappa shape index (κ3) is 5.81. The standard InChI is InChI=1S/C17H26N4O2/c1-13(2)23-15-8-6-14(7-9-15)20-17(18)19-10-4-12-21-11-3-5-16(21)22/h6-9,13H,3-5,10-12H2,1-2H3,(H3,18,19,20). The summed E-state index contributed by atoms with van der Waals surface area (Å²) in [5.41, 5.74) is 6.75. The number of anilines is 1. The summed E-state index contributed by atoms with van der Waals surface area (Å²) >= 11 is 0. The maximum atomic E-state index is 11.5. The zero-order valence-electron chi connectivity index (χ0n) is 13.9. The number of nitrogens with zero attached hydrogens (tertiary/aromatic N) is 2. The molecule has 1 heterocycles. The second-order valence-electron chi connectivity index (χ2n) is 5.92. The first kappa shape index (κ1) is 17.1. The van der Waals surface area contributed by atoms with Gasteiger partial charge in [-0.05, 0) is 51.0 Å². The van der Waals surface area contributed by atoms with Gasteiger partial charge in [-0.3, -0.25) is 9.79 Å². The molecule has 1 aliphatic heterocycles. The average molecular weight is 318 g/mol. The number of guanidine groups is 1. The number of hydrogen-bond acceptors (Lipinski definition) is 3. The SMILES string of the molecule is CC(C)Oc1ccc(NC(N)=NCCCN2CCCC2=O)cc1. The van der Waals surface area contributed by atoms with Crippen molar-refractivity contribution in [2.24, 2.45) is 10.7 Å². The number of nitrogens with one attached hydrogen (secondary N) is 1. The Kier molecular flexibility index (Phi) is 6.26. The predicted octanol–water partition coefficient (Wildman–Crippen LogP) is 2.21. The van der Waals surface area contributed by atoms with Crippen LogP contribution in [0.5, 0.6) is 5.75 Å². The molecule has 0 aromatic heterocycles. The van der Waals surface area contributed by atoms with E-state index in [0.717, 1.165) is 37.4 Å². The van der Waals surface area contributed by atoms with Crippen LogP contribution in [-0.4, -0.2) is 42.5 Å². The van der Waals surface area contributed by atoms with Crippen LogP contribution in [0.2, 0.25) is 0 Å². The number of likely N-dealkylation sites (tertiary alicyclic amines) is 1. The topological polar surface area (TPSA) is 80.0 Å². The lowest BCUT2D eigenvalue weighted by molar-refractivity contribution is -0.127. The lowest BCUT2D eigenvalue weighted by Gasteiger charge is -2.14. The molecule has 3 N–H and O–H groups in total. The van der Waals surface area contributed by atoms with Gasteiger partial charge in [-0.25, -0.2) is 0 Å². The molecule has 0 radical (unpaired) electrons. The largest absolute Gasteiger partial charge is 0.491 e. The van der Waals surface area contributed by atoms with Crippen molar-refractivity contribution in [2.45, 2.75) is 39.2 Å². The first-order valence-corrected chi connectivity index (χ1v) is 8.16. The number of hydrogen-bond donors (Lipinski definition) is 2. The summed E-state index contributed by atoms with van der Waals surface area (Å²) < 4.78 is 5.59. The lowest BCUT2D eigenvalue weighted by atomic mass is 10.3. The Bertz CT molecular complexity index is 540. The molecule has 0 bridgehead atoms. The van der Waals surface area contributed by atoms with Crippen LogP contribution in [0.15, 0.2) is 29.3 Å². The van der Waals surface area contributed by atoms with Crippen LogP contribution < -0.4 is 15.8 Å². The van der Waals surface area contributed by atoms with Gasteiger partial charge in [-0.2, -0.15) is 0 Å². The van der Waals surface area contributed by atoms with Crippen molar-refractivity contribution < 1.29 is 9.53 Å². The number of ether oxygens (including phenoxy) is 1. The summed E-state index contributed by atoms with van der Waals surface area (Å²) in [7, 11) is 0. The molecule has 0 aliphatic carbocycles. The van der Waals surface area contributed by atoms with E-state index in [1.165, 1.54) is 0 Å². The number of nitrogens with two attached hydrogens (primary N) is 1. The molecule has 1 aromatic carbocycles. The lowest BCUT2D eigenvalue weighted by Crippen LogP contribution is -2.27. The highest BCUT2D eigenvalue weighted by molar-refractivity contribution is 5.92. The van der Waals surface area contributed by atoms with E-state index in [0.29, 0.717) is 18.9 Å². The fourth-order valence-electron chi connectivity index (χ4n) is 2.48. The Labute approximate surface area is 137 Å². The Morgan fingerprint density at radius 3 is 2.74 bits per heavy atom. The van der Waals surface area contributed by atoms with Gasteiger partial charge in [0.1, 0.15) is 5.75 Å². The third-order valence-corrected chi connectivity index (χ3v) is 3.54. The second-order valence-corrected chi connectivity index (χ2v) is 5.92. The molecule has 0 atom stereocenters. The molecular weight excluding hydrogens is 292 g/mol. The second kappa shape index (κ2) is 8.41. The number of benzene rings is 1. The fourth-order valence-corrected chi connectivity index (χ4v) is 2.48. The summed E-state index contributed by atoms with van der Waals surface area (Å²) in [6.07, 6.45) is 2.64. The van der Waals surface area contributed by atoms with Crippen molar-refractivity contribution >= 4 is 17.6 Å². The van der Waals surface area contributed by atoms with E-state index in [2.05, 4.69) is 10.3 Å². The van der Waals surface area contributed by atoms with Crippen LogP contribution in [0.3, 0.4) is 0 Å². The van der Waals surface area contributed by atoms with Gasteiger partial charge in [0, 0.05) is 31.7 Å². The molecule has 1 aromatic rings. The smallest absolute Gasteiger partial charge is 0.222 e. The Morgan fingerprint density at radius 1 is 1.39 bits per heavy atom. The van der Waals surface area contributed by atoms with Crippen molar-refractivity contribution in [1.82, 2.24) is 4.90 Å². The molecule has 6 nitrogen and oxygen atoms in total. The highest BCUT2D eigenvalue weighted by Crippen LogP contribution is 2.16. The molecule has 23 heavy (non-hydrogen) atoms. The van der Waals surface area contributed by atoms with Crippen LogP contribution in [0.25, 0.3) is 0 Å². The Balaban J connectivity index is 1.72. The minimum atomic E-state index is 0.155. The molecule has 0 spiro atoms. The van der Waals surface area contributed by atoms with Crippen LogP contribution in [-0.2, 0) is 4.79 Å². The highest BCUT2D eigenvalue weighted by Gasteiger charge is 2.18. The van der Waals surface area contributed by atoms with Gasteiger partial charge >= 0.3 is 0 Å².